The zero-order chi connectivity index (χ0) is 22.8. The summed E-state index contributed by atoms with van der Waals surface area (Å²) in [7, 11) is -3.62. The Morgan fingerprint density at radius 1 is 0.970 bits per heavy atom. The van der Waals surface area contributed by atoms with Crippen molar-refractivity contribution in [3.05, 3.63) is 70.4 Å². The van der Waals surface area contributed by atoms with Crippen LogP contribution < -0.4 is 14.4 Å². The van der Waals surface area contributed by atoms with Gasteiger partial charge in [0.1, 0.15) is 13.2 Å². The molecule has 1 fully saturated rings. The maximum absolute atomic E-state index is 13.7. The first kappa shape index (κ1) is 21.9. The fourth-order valence-electron chi connectivity index (χ4n) is 4.06. The molecule has 0 N–H and O–H groups in total. The van der Waals surface area contributed by atoms with Crippen LogP contribution in [0.3, 0.4) is 0 Å². The van der Waals surface area contributed by atoms with Gasteiger partial charge in [-0.3, -0.25) is 4.79 Å². The molecule has 0 aliphatic carbocycles. The lowest BCUT2D eigenvalue weighted by Crippen LogP contribution is -2.31. The lowest BCUT2D eigenvalue weighted by atomic mass is 10.1. The maximum Gasteiger partial charge on any atom is 0.258 e. The summed E-state index contributed by atoms with van der Waals surface area (Å²) in [5, 5.41) is 1.96. The van der Waals surface area contributed by atoms with Crippen molar-refractivity contribution in [2.45, 2.75) is 24.3 Å². The molecule has 7 nitrogen and oxygen atoms in total. The summed E-state index contributed by atoms with van der Waals surface area (Å²) in [6.07, 6.45) is 1.72. The van der Waals surface area contributed by atoms with Gasteiger partial charge in [0.15, 0.2) is 11.5 Å². The Labute approximate surface area is 197 Å². The Kier molecular flexibility index (Phi) is 6.09. The Balaban J connectivity index is 1.50. The van der Waals surface area contributed by atoms with Crippen LogP contribution in [0.1, 0.15) is 28.1 Å². The summed E-state index contributed by atoms with van der Waals surface area (Å²) in [5.74, 6) is 0.957. The SMILES string of the molecule is O=C(c1cccc(S(=O)(=O)N2CCCC2)c1)N(Cc1cccs1)c1ccc2c(c1)OCCO2. The van der Waals surface area contributed by atoms with Gasteiger partial charge >= 0.3 is 0 Å². The van der Waals surface area contributed by atoms with Crippen LogP contribution >= 0.6 is 11.3 Å². The number of thiophene rings is 1. The second kappa shape index (κ2) is 9.17. The van der Waals surface area contributed by atoms with E-state index in [0.29, 0.717) is 55.6 Å². The van der Waals surface area contributed by atoms with E-state index < -0.39 is 10.0 Å². The third-order valence-electron chi connectivity index (χ3n) is 5.76. The van der Waals surface area contributed by atoms with E-state index in [1.165, 1.54) is 10.4 Å². The number of amides is 1. The number of benzene rings is 2. The van der Waals surface area contributed by atoms with Gasteiger partial charge in [-0.05, 0) is 54.6 Å². The van der Waals surface area contributed by atoms with Crippen molar-refractivity contribution in [3.8, 4) is 11.5 Å². The van der Waals surface area contributed by atoms with Crippen LogP contribution in [0.2, 0.25) is 0 Å². The molecule has 0 unspecified atom stereocenters. The van der Waals surface area contributed by atoms with Crippen molar-refractivity contribution in [1.82, 2.24) is 4.31 Å². The lowest BCUT2D eigenvalue weighted by molar-refractivity contribution is 0.0985. The molecule has 3 aromatic rings. The highest BCUT2D eigenvalue weighted by Gasteiger charge is 2.29. The highest BCUT2D eigenvalue weighted by Crippen LogP contribution is 2.35. The van der Waals surface area contributed by atoms with E-state index in [4.69, 9.17) is 9.47 Å². The zero-order valence-corrected chi connectivity index (χ0v) is 19.6. The van der Waals surface area contributed by atoms with Crippen LogP contribution in [0.25, 0.3) is 0 Å². The van der Waals surface area contributed by atoms with Crippen LogP contribution in [0.15, 0.2) is 64.9 Å². The Hall–Kier alpha value is -2.88. The predicted molar refractivity (Wildman–Crippen MR) is 127 cm³/mol. The number of hydrogen-bond donors (Lipinski definition) is 0. The molecule has 1 aromatic heterocycles. The monoisotopic (exact) mass is 484 g/mol. The van der Waals surface area contributed by atoms with Gasteiger partial charge in [-0.2, -0.15) is 4.31 Å². The van der Waals surface area contributed by atoms with E-state index >= 15 is 0 Å². The molecule has 9 heteroatoms. The number of sulfonamides is 1. The topological polar surface area (TPSA) is 76.2 Å². The summed E-state index contributed by atoms with van der Waals surface area (Å²) in [6.45, 7) is 2.33. The lowest BCUT2D eigenvalue weighted by Gasteiger charge is -2.25. The Bertz CT molecular complexity index is 1250. The zero-order valence-electron chi connectivity index (χ0n) is 18.0. The first-order valence-electron chi connectivity index (χ1n) is 10.9. The van der Waals surface area contributed by atoms with Crippen molar-refractivity contribution >= 4 is 33.0 Å². The summed E-state index contributed by atoms with van der Waals surface area (Å²) < 4.78 is 38.9. The molecule has 0 atom stereocenters. The van der Waals surface area contributed by atoms with Gasteiger partial charge in [0.05, 0.1) is 11.4 Å². The van der Waals surface area contributed by atoms with Gasteiger partial charge in [0, 0.05) is 35.3 Å². The molecule has 2 aliphatic rings. The molecule has 2 aromatic carbocycles. The molecule has 0 saturated carbocycles. The summed E-state index contributed by atoms with van der Waals surface area (Å²) in [5.41, 5.74) is 0.979. The van der Waals surface area contributed by atoms with Crippen molar-refractivity contribution in [3.63, 3.8) is 0 Å². The first-order valence-corrected chi connectivity index (χ1v) is 13.2. The van der Waals surface area contributed by atoms with Crippen molar-refractivity contribution < 1.29 is 22.7 Å². The van der Waals surface area contributed by atoms with Crippen LogP contribution in [0, 0.1) is 0 Å². The van der Waals surface area contributed by atoms with E-state index in [-0.39, 0.29) is 10.8 Å². The summed E-state index contributed by atoms with van der Waals surface area (Å²) >= 11 is 1.56. The standard InChI is InChI=1S/C24H24N2O5S2/c27-24(18-5-3-7-21(15-18)33(28,29)25-10-1-2-11-25)26(17-20-6-4-14-32-20)19-8-9-22-23(16-19)31-13-12-30-22/h3-9,14-16H,1-2,10-13,17H2. The Morgan fingerprint density at radius 3 is 2.52 bits per heavy atom. The molecule has 1 saturated heterocycles. The van der Waals surface area contributed by atoms with E-state index in [1.54, 1.807) is 46.6 Å². The second-order valence-corrected chi connectivity index (χ2v) is 10.9. The van der Waals surface area contributed by atoms with Gasteiger partial charge in [-0.1, -0.05) is 12.1 Å². The van der Waals surface area contributed by atoms with Gasteiger partial charge in [0.2, 0.25) is 10.0 Å². The minimum Gasteiger partial charge on any atom is -0.486 e. The number of nitrogens with zero attached hydrogens (tertiary/aromatic N) is 2. The number of rotatable bonds is 6. The molecule has 0 spiro atoms. The van der Waals surface area contributed by atoms with Crippen LogP contribution in [-0.2, 0) is 16.6 Å². The van der Waals surface area contributed by atoms with Crippen molar-refractivity contribution in [1.29, 1.82) is 0 Å². The molecule has 0 radical (unpaired) electrons. The molecule has 172 valence electrons. The fraction of sp³-hybridized carbons (Fsp3) is 0.292. The van der Waals surface area contributed by atoms with Gasteiger partial charge < -0.3 is 14.4 Å². The molecule has 0 bridgehead atoms. The van der Waals surface area contributed by atoms with E-state index in [2.05, 4.69) is 0 Å². The van der Waals surface area contributed by atoms with E-state index in [1.807, 2.05) is 23.6 Å². The number of carbonyl (C=O) groups is 1. The molecule has 3 heterocycles. The number of hydrogen-bond acceptors (Lipinski definition) is 6. The summed E-state index contributed by atoms with van der Waals surface area (Å²) in [4.78, 5) is 16.5. The molecule has 1 amide bonds. The quantitative estimate of drug-likeness (QED) is 0.525. The molecular formula is C24H24N2O5S2. The van der Waals surface area contributed by atoms with Crippen LogP contribution in [-0.4, -0.2) is 44.9 Å². The highest BCUT2D eigenvalue weighted by atomic mass is 32.2. The third-order valence-corrected chi connectivity index (χ3v) is 8.52. The largest absolute Gasteiger partial charge is 0.486 e. The first-order chi connectivity index (χ1) is 16.0. The van der Waals surface area contributed by atoms with Gasteiger partial charge in [-0.15, -0.1) is 11.3 Å². The highest BCUT2D eigenvalue weighted by molar-refractivity contribution is 7.89. The number of ether oxygens (including phenoxy) is 2. The summed E-state index contributed by atoms with van der Waals surface area (Å²) in [6, 6.07) is 15.6. The third kappa shape index (κ3) is 4.48. The second-order valence-electron chi connectivity index (χ2n) is 7.94. The van der Waals surface area contributed by atoms with E-state index in [9.17, 15) is 13.2 Å². The van der Waals surface area contributed by atoms with Crippen molar-refractivity contribution in [2.75, 3.05) is 31.2 Å². The number of carbonyl (C=O) groups excluding carboxylic acids is 1. The maximum atomic E-state index is 13.7. The van der Waals surface area contributed by atoms with Crippen LogP contribution in [0.5, 0.6) is 11.5 Å². The molecular weight excluding hydrogens is 460 g/mol. The van der Waals surface area contributed by atoms with Gasteiger partial charge in [0.25, 0.3) is 5.91 Å². The normalized spacial score (nSPS) is 16.0. The fourth-order valence-corrected chi connectivity index (χ4v) is 6.32. The average Bonchev–Trinajstić information content (AvgIpc) is 3.57. The minimum atomic E-state index is -3.62. The smallest absolute Gasteiger partial charge is 0.258 e. The minimum absolute atomic E-state index is 0.147. The molecule has 5 rings (SSSR count). The Morgan fingerprint density at radius 2 is 1.76 bits per heavy atom. The van der Waals surface area contributed by atoms with Crippen molar-refractivity contribution in [2.24, 2.45) is 0 Å². The van der Waals surface area contributed by atoms with Crippen LogP contribution in [0.4, 0.5) is 5.69 Å². The number of fused-ring (bicyclic) bond motifs is 1. The van der Waals surface area contributed by atoms with Gasteiger partial charge in [-0.25, -0.2) is 8.42 Å². The predicted octanol–water partition coefficient (Wildman–Crippen LogP) is 4.15. The number of anilines is 1. The molecule has 2 aliphatic heterocycles. The van der Waals surface area contributed by atoms with E-state index in [0.717, 1.165) is 17.7 Å². The molecule has 33 heavy (non-hydrogen) atoms. The average molecular weight is 485 g/mol.